The third kappa shape index (κ3) is 4.91. The first-order valence-electron chi connectivity index (χ1n) is 13.9. The molecule has 202 valence electrons. The molecule has 1 aliphatic rings. The molecule has 0 atom stereocenters. The summed E-state index contributed by atoms with van der Waals surface area (Å²) < 4.78 is 7.84. The monoisotopic (exact) mass is 531 g/mol. The fourth-order valence-corrected chi connectivity index (χ4v) is 5.36. The minimum atomic E-state index is 0.0465. The number of benzene rings is 3. The Bertz CT molecular complexity index is 1620. The molecule has 7 nitrogen and oxygen atoms in total. The van der Waals surface area contributed by atoms with E-state index in [0.29, 0.717) is 38.3 Å². The number of carbonyl (C=O) groups excluding carboxylic acids is 1. The zero-order chi connectivity index (χ0) is 27.5. The van der Waals surface area contributed by atoms with Crippen molar-refractivity contribution in [2.75, 3.05) is 37.7 Å². The third-order valence-corrected chi connectivity index (χ3v) is 7.46. The molecular weight excluding hydrogens is 498 g/mol. The van der Waals surface area contributed by atoms with E-state index in [4.69, 9.17) is 14.7 Å². The van der Waals surface area contributed by atoms with E-state index < -0.39 is 0 Å². The molecule has 0 N–H and O–H groups in total. The van der Waals surface area contributed by atoms with Gasteiger partial charge in [0.25, 0.3) is 5.91 Å². The highest BCUT2D eigenvalue weighted by Gasteiger charge is 2.26. The van der Waals surface area contributed by atoms with Gasteiger partial charge in [-0.15, -0.1) is 0 Å². The smallest absolute Gasteiger partial charge is 0.253 e. The Morgan fingerprint density at radius 2 is 1.60 bits per heavy atom. The Balaban J connectivity index is 1.30. The molecule has 0 unspecified atom stereocenters. The van der Waals surface area contributed by atoms with Crippen molar-refractivity contribution in [2.45, 2.75) is 20.3 Å². The van der Waals surface area contributed by atoms with Gasteiger partial charge >= 0.3 is 0 Å². The van der Waals surface area contributed by atoms with Crippen molar-refractivity contribution in [1.82, 2.24) is 19.4 Å². The molecule has 1 aliphatic heterocycles. The minimum absolute atomic E-state index is 0.0465. The first kappa shape index (κ1) is 25.6. The van der Waals surface area contributed by atoms with Gasteiger partial charge in [-0.2, -0.15) is 0 Å². The molecule has 3 aromatic carbocycles. The summed E-state index contributed by atoms with van der Waals surface area (Å²) in [5, 5.41) is 1.03. The number of fused-ring (bicyclic) bond motifs is 1. The Morgan fingerprint density at radius 1 is 0.875 bits per heavy atom. The van der Waals surface area contributed by atoms with Crippen molar-refractivity contribution in [2.24, 2.45) is 0 Å². The average Bonchev–Trinajstić information content (AvgIpc) is 3.40. The second kappa shape index (κ2) is 11.2. The van der Waals surface area contributed by atoms with Crippen LogP contribution in [0.3, 0.4) is 0 Å². The van der Waals surface area contributed by atoms with E-state index in [1.807, 2.05) is 35.2 Å². The number of hydrogen-bond acceptors (Lipinski definition) is 5. The number of aryl methyl sites for hydroxylation is 1. The van der Waals surface area contributed by atoms with Crippen molar-refractivity contribution in [1.29, 1.82) is 0 Å². The number of aromatic nitrogens is 3. The molecule has 1 amide bonds. The van der Waals surface area contributed by atoms with Crippen molar-refractivity contribution >= 4 is 22.8 Å². The van der Waals surface area contributed by atoms with Crippen LogP contribution in [0.2, 0.25) is 0 Å². The second-order valence-electron chi connectivity index (χ2n) is 10.1. The SMILES string of the molecule is CCCOc1ccc(C(=O)N2CCN(c3ncnc4c3c(-c3ccccc3)cn4-c3ccccc3C)CC2)cc1. The Labute approximate surface area is 234 Å². The molecule has 0 radical (unpaired) electrons. The third-order valence-electron chi connectivity index (χ3n) is 7.46. The van der Waals surface area contributed by atoms with Crippen LogP contribution in [0.5, 0.6) is 5.75 Å². The quantitative estimate of drug-likeness (QED) is 0.252. The maximum atomic E-state index is 13.2. The highest BCUT2D eigenvalue weighted by Crippen LogP contribution is 2.37. The van der Waals surface area contributed by atoms with E-state index >= 15 is 0 Å². The average molecular weight is 532 g/mol. The van der Waals surface area contributed by atoms with Crippen molar-refractivity contribution in [3.63, 3.8) is 0 Å². The maximum Gasteiger partial charge on any atom is 0.253 e. The molecular formula is C33H33N5O2. The molecule has 5 aromatic rings. The van der Waals surface area contributed by atoms with Crippen molar-refractivity contribution in [3.8, 4) is 22.6 Å². The van der Waals surface area contributed by atoms with Crippen LogP contribution < -0.4 is 9.64 Å². The summed E-state index contributed by atoms with van der Waals surface area (Å²) in [6.07, 6.45) is 4.78. The van der Waals surface area contributed by atoms with Crippen LogP contribution in [0, 0.1) is 6.92 Å². The summed E-state index contributed by atoms with van der Waals surface area (Å²) in [5.74, 6) is 1.74. The van der Waals surface area contributed by atoms with Crippen LogP contribution in [-0.4, -0.2) is 58.1 Å². The number of nitrogens with zero attached hydrogens (tertiary/aromatic N) is 5. The normalized spacial score (nSPS) is 13.6. The molecule has 40 heavy (non-hydrogen) atoms. The van der Waals surface area contributed by atoms with Gasteiger partial charge in [0.2, 0.25) is 0 Å². The lowest BCUT2D eigenvalue weighted by molar-refractivity contribution is 0.0746. The molecule has 0 bridgehead atoms. The lowest BCUT2D eigenvalue weighted by Gasteiger charge is -2.35. The molecule has 3 heterocycles. The van der Waals surface area contributed by atoms with Crippen LogP contribution in [0.25, 0.3) is 27.8 Å². The fourth-order valence-electron chi connectivity index (χ4n) is 5.36. The second-order valence-corrected chi connectivity index (χ2v) is 10.1. The standard InChI is InChI=1S/C33H33N5O2/c1-3-21-40-27-15-13-26(14-16-27)33(39)37-19-17-36(18-20-37)31-30-28(25-10-5-4-6-11-25)22-38(32(30)35-23-34-31)29-12-8-7-9-24(29)2/h4-16,22-23H,3,17-21H2,1-2H3. The zero-order valence-electron chi connectivity index (χ0n) is 23.0. The lowest BCUT2D eigenvalue weighted by Crippen LogP contribution is -2.49. The van der Waals surface area contributed by atoms with E-state index in [1.54, 1.807) is 6.33 Å². The van der Waals surface area contributed by atoms with Gasteiger partial charge < -0.3 is 19.1 Å². The number of ether oxygens (including phenoxy) is 1. The van der Waals surface area contributed by atoms with Crippen LogP contribution >= 0.6 is 0 Å². The van der Waals surface area contributed by atoms with E-state index in [1.165, 1.54) is 5.56 Å². The number of para-hydroxylation sites is 1. The van der Waals surface area contributed by atoms with Gasteiger partial charge in [0.1, 0.15) is 17.9 Å². The highest BCUT2D eigenvalue weighted by atomic mass is 16.5. The number of piperazine rings is 1. The number of amides is 1. The van der Waals surface area contributed by atoms with Crippen LogP contribution in [0.1, 0.15) is 29.3 Å². The van der Waals surface area contributed by atoms with E-state index in [2.05, 4.69) is 78.0 Å². The molecule has 0 spiro atoms. The molecule has 0 aliphatic carbocycles. The Hall–Kier alpha value is -4.65. The summed E-state index contributed by atoms with van der Waals surface area (Å²) in [6, 6.07) is 26.2. The van der Waals surface area contributed by atoms with Crippen molar-refractivity contribution in [3.05, 3.63) is 103 Å². The summed E-state index contributed by atoms with van der Waals surface area (Å²) in [6.45, 7) is 7.50. The van der Waals surface area contributed by atoms with Crippen molar-refractivity contribution < 1.29 is 9.53 Å². The Kier molecular flexibility index (Phi) is 7.19. The van der Waals surface area contributed by atoms with E-state index in [-0.39, 0.29) is 5.91 Å². The number of carbonyl (C=O) groups is 1. The van der Waals surface area contributed by atoms with Gasteiger partial charge in [0.05, 0.1) is 12.0 Å². The van der Waals surface area contributed by atoms with Crippen LogP contribution in [-0.2, 0) is 0 Å². The lowest BCUT2D eigenvalue weighted by atomic mass is 10.1. The fraction of sp³-hybridized carbons (Fsp3) is 0.242. The van der Waals surface area contributed by atoms with Gasteiger partial charge in [-0.05, 0) is 54.8 Å². The predicted octanol–water partition coefficient (Wildman–Crippen LogP) is 6.15. The van der Waals surface area contributed by atoms with Crippen LogP contribution in [0.15, 0.2) is 91.4 Å². The van der Waals surface area contributed by atoms with Gasteiger partial charge in [-0.3, -0.25) is 4.79 Å². The predicted molar refractivity (Wildman–Crippen MR) is 159 cm³/mol. The van der Waals surface area contributed by atoms with Gasteiger partial charge in [0.15, 0.2) is 5.65 Å². The highest BCUT2D eigenvalue weighted by molar-refractivity contribution is 6.02. The van der Waals surface area contributed by atoms with Crippen LogP contribution in [0.4, 0.5) is 5.82 Å². The van der Waals surface area contributed by atoms with E-state index in [9.17, 15) is 4.79 Å². The summed E-state index contributed by atoms with van der Waals surface area (Å²) in [5.41, 5.74) is 6.05. The topological polar surface area (TPSA) is 63.5 Å². The maximum absolute atomic E-state index is 13.2. The Morgan fingerprint density at radius 3 is 2.33 bits per heavy atom. The molecule has 1 fully saturated rings. The number of hydrogen-bond donors (Lipinski definition) is 0. The minimum Gasteiger partial charge on any atom is -0.494 e. The first-order chi connectivity index (χ1) is 19.6. The summed E-state index contributed by atoms with van der Waals surface area (Å²) in [4.78, 5) is 27.0. The van der Waals surface area contributed by atoms with Gasteiger partial charge in [0, 0.05) is 49.2 Å². The molecule has 7 heteroatoms. The first-order valence-corrected chi connectivity index (χ1v) is 13.9. The molecule has 0 saturated carbocycles. The summed E-state index contributed by atoms with van der Waals surface area (Å²) in [7, 11) is 0. The molecule has 1 saturated heterocycles. The van der Waals surface area contributed by atoms with E-state index in [0.717, 1.165) is 45.8 Å². The van der Waals surface area contributed by atoms with Gasteiger partial charge in [-0.1, -0.05) is 55.5 Å². The zero-order valence-corrected chi connectivity index (χ0v) is 23.0. The number of rotatable bonds is 7. The largest absolute Gasteiger partial charge is 0.494 e. The van der Waals surface area contributed by atoms with Gasteiger partial charge in [-0.25, -0.2) is 9.97 Å². The number of anilines is 1. The summed E-state index contributed by atoms with van der Waals surface area (Å²) >= 11 is 0. The molecule has 6 rings (SSSR count). The molecule has 2 aromatic heterocycles.